The molecule has 2 heterocycles. The van der Waals surface area contributed by atoms with Crippen molar-refractivity contribution in [3.63, 3.8) is 0 Å². The number of nitrogens with zero attached hydrogens (tertiary/aromatic N) is 2. The van der Waals surface area contributed by atoms with Crippen LogP contribution < -0.4 is 5.73 Å². The molecule has 25 heavy (non-hydrogen) atoms. The molecule has 2 bridgehead atoms. The Morgan fingerprint density at radius 2 is 1.76 bits per heavy atom. The highest BCUT2D eigenvalue weighted by molar-refractivity contribution is 7.89. The second-order valence-electron chi connectivity index (χ2n) is 6.99. The molecular weight excluding hydrogens is 334 g/mol. The van der Waals surface area contributed by atoms with Gasteiger partial charge in [0.15, 0.2) is 0 Å². The average Bonchev–Trinajstić information content (AvgIpc) is 3.17. The summed E-state index contributed by atoms with van der Waals surface area (Å²) in [7, 11) is -3.49. The predicted octanol–water partition coefficient (Wildman–Crippen LogP) is 1.93. The molecule has 3 atom stereocenters. The summed E-state index contributed by atoms with van der Waals surface area (Å²) in [5, 5.41) is 0. The van der Waals surface area contributed by atoms with E-state index in [0.717, 1.165) is 18.5 Å². The maximum absolute atomic E-state index is 13.0. The van der Waals surface area contributed by atoms with Gasteiger partial charge >= 0.3 is 0 Å². The summed E-state index contributed by atoms with van der Waals surface area (Å²) in [4.78, 5) is 2.59. The highest BCUT2D eigenvalue weighted by atomic mass is 32.2. The number of hydrogen-bond donors (Lipinski definition) is 1. The van der Waals surface area contributed by atoms with Gasteiger partial charge in [-0.05, 0) is 31.0 Å². The van der Waals surface area contributed by atoms with Crippen LogP contribution in [0, 0.1) is 6.92 Å². The Kier molecular flexibility index (Phi) is 4.16. The van der Waals surface area contributed by atoms with Crippen molar-refractivity contribution in [3.05, 3.63) is 65.7 Å². The maximum atomic E-state index is 13.0. The zero-order chi connectivity index (χ0) is 17.6. The molecule has 0 saturated carbocycles. The van der Waals surface area contributed by atoms with E-state index >= 15 is 0 Å². The van der Waals surface area contributed by atoms with Crippen molar-refractivity contribution in [1.82, 2.24) is 9.21 Å². The Labute approximate surface area is 149 Å². The Balaban J connectivity index is 1.54. The van der Waals surface area contributed by atoms with E-state index in [-0.39, 0.29) is 18.2 Å². The molecule has 2 saturated heterocycles. The number of likely N-dealkylation sites (tertiary alicyclic amines) is 1. The fourth-order valence-electron chi connectivity index (χ4n) is 3.98. The van der Waals surface area contributed by atoms with Crippen LogP contribution in [0.1, 0.15) is 17.5 Å². The van der Waals surface area contributed by atoms with E-state index in [0.29, 0.717) is 11.4 Å². The molecule has 0 spiro atoms. The molecule has 6 heteroatoms. The van der Waals surface area contributed by atoms with Crippen molar-refractivity contribution >= 4 is 10.0 Å². The lowest BCUT2D eigenvalue weighted by atomic mass is 10.2. The summed E-state index contributed by atoms with van der Waals surface area (Å²) in [5.74, 6) is 0. The first-order chi connectivity index (χ1) is 12.0. The number of rotatable bonds is 4. The van der Waals surface area contributed by atoms with Crippen molar-refractivity contribution in [1.29, 1.82) is 0 Å². The maximum Gasteiger partial charge on any atom is 0.243 e. The lowest BCUT2D eigenvalue weighted by Gasteiger charge is -2.38. The monoisotopic (exact) mass is 357 g/mol. The summed E-state index contributed by atoms with van der Waals surface area (Å²) in [6, 6.07) is 17.3. The molecule has 0 aromatic heterocycles. The third-order valence-corrected chi connectivity index (χ3v) is 7.26. The van der Waals surface area contributed by atoms with E-state index in [1.54, 1.807) is 16.4 Å². The van der Waals surface area contributed by atoms with E-state index in [2.05, 4.69) is 17.0 Å². The second kappa shape index (κ2) is 6.21. The molecular formula is C19H23N3O2S. The third kappa shape index (κ3) is 2.89. The number of aryl methyl sites for hydroxylation is 1. The zero-order valence-corrected chi connectivity index (χ0v) is 15.1. The minimum atomic E-state index is -3.49. The quantitative estimate of drug-likeness (QED) is 0.908. The lowest BCUT2D eigenvalue weighted by Crippen LogP contribution is -2.58. The van der Waals surface area contributed by atoms with Crippen LogP contribution in [0.5, 0.6) is 0 Å². The summed E-state index contributed by atoms with van der Waals surface area (Å²) >= 11 is 0. The molecule has 2 aliphatic rings. The fourth-order valence-corrected chi connectivity index (χ4v) is 5.67. The average molecular weight is 357 g/mol. The van der Waals surface area contributed by atoms with Crippen molar-refractivity contribution in [3.8, 4) is 0 Å². The first-order valence-electron chi connectivity index (χ1n) is 8.60. The van der Waals surface area contributed by atoms with Crippen molar-refractivity contribution in [2.75, 3.05) is 6.54 Å². The number of nitrogens with two attached hydrogens (primary N) is 1. The minimum Gasteiger partial charge on any atom is -0.314 e. The molecule has 2 aromatic carbocycles. The standard InChI is InChI=1S/C19H23N3O2S/c1-14-7-9-17(10-8-14)25(23,24)22-13-16-11-18(22)19(20)21(16)12-15-5-3-2-4-6-15/h2-10,16,18-19H,11-13,20H2,1H3. The van der Waals surface area contributed by atoms with Crippen LogP contribution in [-0.2, 0) is 16.6 Å². The molecule has 2 fully saturated rings. The van der Waals surface area contributed by atoms with Gasteiger partial charge in [0.25, 0.3) is 0 Å². The first kappa shape index (κ1) is 16.7. The Morgan fingerprint density at radius 1 is 1.08 bits per heavy atom. The molecule has 0 radical (unpaired) electrons. The zero-order valence-electron chi connectivity index (χ0n) is 14.2. The highest BCUT2D eigenvalue weighted by Gasteiger charge is 2.52. The number of benzene rings is 2. The van der Waals surface area contributed by atoms with Gasteiger partial charge in [-0.25, -0.2) is 8.42 Å². The molecule has 2 N–H and O–H groups in total. The number of hydrogen-bond acceptors (Lipinski definition) is 4. The first-order valence-corrected chi connectivity index (χ1v) is 10.0. The van der Waals surface area contributed by atoms with Crippen molar-refractivity contribution < 1.29 is 8.42 Å². The smallest absolute Gasteiger partial charge is 0.243 e. The van der Waals surface area contributed by atoms with Crippen molar-refractivity contribution in [2.45, 2.75) is 43.0 Å². The number of sulfonamides is 1. The molecule has 2 aliphatic heterocycles. The van der Waals surface area contributed by atoms with E-state index in [9.17, 15) is 8.42 Å². The second-order valence-corrected chi connectivity index (χ2v) is 8.88. The lowest BCUT2D eigenvalue weighted by molar-refractivity contribution is 0.110. The van der Waals surface area contributed by atoms with Crippen LogP contribution in [0.15, 0.2) is 59.5 Å². The fraction of sp³-hybridized carbons (Fsp3) is 0.368. The van der Waals surface area contributed by atoms with Gasteiger partial charge in [0.05, 0.1) is 17.1 Å². The number of piperazine rings is 1. The number of fused-ring (bicyclic) bond motifs is 2. The van der Waals surface area contributed by atoms with Gasteiger partial charge in [-0.1, -0.05) is 48.0 Å². The van der Waals surface area contributed by atoms with Gasteiger partial charge in [0.2, 0.25) is 10.0 Å². The Bertz CT molecular complexity index is 850. The van der Waals surface area contributed by atoms with Gasteiger partial charge in [-0.3, -0.25) is 4.90 Å². The minimum absolute atomic E-state index is 0.153. The third-order valence-electron chi connectivity index (χ3n) is 5.36. The molecule has 3 unspecified atom stereocenters. The molecule has 132 valence electrons. The normalized spacial score (nSPS) is 27.0. The molecule has 4 rings (SSSR count). The predicted molar refractivity (Wildman–Crippen MR) is 97.2 cm³/mol. The van der Waals surface area contributed by atoms with Crippen LogP contribution in [0.3, 0.4) is 0 Å². The van der Waals surface area contributed by atoms with Gasteiger partial charge in [-0.2, -0.15) is 4.31 Å². The van der Waals surface area contributed by atoms with Crippen LogP contribution >= 0.6 is 0 Å². The van der Waals surface area contributed by atoms with Crippen LogP contribution in [-0.4, -0.2) is 42.4 Å². The molecule has 2 aromatic rings. The van der Waals surface area contributed by atoms with Crippen LogP contribution in [0.4, 0.5) is 0 Å². The van der Waals surface area contributed by atoms with Crippen LogP contribution in [0.25, 0.3) is 0 Å². The van der Waals surface area contributed by atoms with Gasteiger partial charge in [-0.15, -0.1) is 0 Å². The summed E-state index contributed by atoms with van der Waals surface area (Å²) in [6.07, 6.45) is 0.540. The van der Waals surface area contributed by atoms with Crippen LogP contribution in [0.2, 0.25) is 0 Å². The topological polar surface area (TPSA) is 66.6 Å². The Hall–Kier alpha value is -1.73. The Morgan fingerprint density at radius 3 is 2.40 bits per heavy atom. The molecule has 0 aliphatic carbocycles. The van der Waals surface area contributed by atoms with E-state index in [4.69, 9.17) is 5.73 Å². The van der Waals surface area contributed by atoms with E-state index in [1.165, 1.54) is 5.56 Å². The molecule has 5 nitrogen and oxygen atoms in total. The van der Waals surface area contributed by atoms with E-state index in [1.807, 2.05) is 37.3 Å². The summed E-state index contributed by atoms with van der Waals surface area (Å²) in [5.41, 5.74) is 8.68. The van der Waals surface area contributed by atoms with Gasteiger partial charge in [0.1, 0.15) is 0 Å². The summed E-state index contributed by atoms with van der Waals surface area (Å²) in [6.45, 7) is 3.23. The SMILES string of the molecule is Cc1ccc(S(=O)(=O)N2CC3CC2C(N)N3Cc2ccccc2)cc1. The van der Waals surface area contributed by atoms with Gasteiger partial charge < -0.3 is 5.73 Å². The van der Waals surface area contributed by atoms with Gasteiger partial charge in [0, 0.05) is 19.1 Å². The summed E-state index contributed by atoms with van der Waals surface area (Å²) < 4.78 is 27.6. The van der Waals surface area contributed by atoms with Crippen molar-refractivity contribution in [2.24, 2.45) is 5.73 Å². The largest absolute Gasteiger partial charge is 0.314 e. The highest BCUT2D eigenvalue weighted by Crippen LogP contribution is 2.38. The molecule has 0 amide bonds. The van der Waals surface area contributed by atoms with E-state index < -0.39 is 10.0 Å².